The summed E-state index contributed by atoms with van der Waals surface area (Å²) in [5.41, 5.74) is 1.62. The summed E-state index contributed by atoms with van der Waals surface area (Å²) in [7, 11) is 1.36. The van der Waals surface area contributed by atoms with E-state index in [0.717, 1.165) is 5.56 Å². The minimum atomic E-state index is -0.334. The number of ether oxygens (including phenoxy) is 1. The molecule has 0 atom stereocenters. The molecule has 1 rings (SSSR count). The normalized spacial score (nSPS) is 10.4. The molecule has 0 N–H and O–H groups in total. The maximum Gasteiger partial charge on any atom is 0.337 e. The van der Waals surface area contributed by atoms with E-state index in [0.29, 0.717) is 24.7 Å². The minimum Gasteiger partial charge on any atom is -0.465 e. The van der Waals surface area contributed by atoms with E-state index in [2.05, 4.69) is 29.6 Å². The lowest BCUT2D eigenvalue weighted by atomic mass is 10.1. The van der Waals surface area contributed by atoms with Crippen molar-refractivity contribution in [2.45, 2.75) is 26.4 Å². The highest BCUT2D eigenvalue weighted by Gasteiger charge is 2.10. The number of nitrogens with zero attached hydrogens (tertiary/aromatic N) is 2. The van der Waals surface area contributed by atoms with E-state index < -0.39 is 0 Å². The van der Waals surface area contributed by atoms with Crippen LogP contribution in [-0.2, 0) is 11.3 Å². The average Bonchev–Trinajstić information content (AvgIpc) is 2.38. The van der Waals surface area contributed by atoms with Gasteiger partial charge in [0.1, 0.15) is 0 Å². The van der Waals surface area contributed by atoms with Crippen LogP contribution in [-0.4, -0.2) is 30.6 Å². The van der Waals surface area contributed by atoms with Gasteiger partial charge in [0.05, 0.1) is 25.3 Å². The summed E-state index contributed by atoms with van der Waals surface area (Å²) in [4.78, 5) is 13.3. The van der Waals surface area contributed by atoms with Crippen LogP contribution < -0.4 is 0 Å². The Balaban J connectivity index is 2.73. The van der Waals surface area contributed by atoms with E-state index >= 15 is 0 Å². The van der Waals surface area contributed by atoms with E-state index in [4.69, 9.17) is 5.26 Å². The summed E-state index contributed by atoms with van der Waals surface area (Å²) in [5.74, 6) is -0.334. The van der Waals surface area contributed by atoms with Crippen molar-refractivity contribution < 1.29 is 9.53 Å². The molecular weight excluding hydrogens is 228 g/mol. The molecule has 4 nitrogen and oxygen atoms in total. The van der Waals surface area contributed by atoms with E-state index in [1.807, 2.05) is 12.1 Å². The topological polar surface area (TPSA) is 53.3 Å². The predicted octanol–water partition coefficient (Wildman–Crippen LogP) is 2.21. The summed E-state index contributed by atoms with van der Waals surface area (Å²) >= 11 is 0. The Hall–Kier alpha value is -1.86. The molecule has 4 heteroatoms. The lowest BCUT2D eigenvalue weighted by molar-refractivity contribution is 0.0600. The van der Waals surface area contributed by atoms with Gasteiger partial charge in [0, 0.05) is 12.6 Å². The van der Waals surface area contributed by atoms with Crippen molar-refractivity contribution in [1.29, 1.82) is 5.26 Å². The summed E-state index contributed by atoms with van der Waals surface area (Å²) in [5, 5.41) is 8.76. The van der Waals surface area contributed by atoms with Crippen molar-refractivity contribution in [3.05, 3.63) is 35.4 Å². The smallest absolute Gasteiger partial charge is 0.337 e. The first-order valence-corrected chi connectivity index (χ1v) is 5.86. The fraction of sp³-hybridized carbons (Fsp3) is 0.429. The monoisotopic (exact) mass is 246 g/mol. The van der Waals surface area contributed by atoms with Crippen LogP contribution in [0.3, 0.4) is 0 Å². The Morgan fingerprint density at radius 3 is 2.44 bits per heavy atom. The molecule has 0 unspecified atom stereocenters. The second-order valence-corrected chi connectivity index (χ2v) is 4.35. The summed E-state index contributed by atoms with van der Waals surface area (Å²) < 4.78 is 4.64. The third kappa shape index (κ3) is 3.86. The van der Waals surface area contributed by atoms with Crippen molar-refractivity contribution in [2.75, 3.05) is 13.7 Å². The van der Waals surface area contributed by atoms with Gasteiger partial charge in [0.2, 0.25) is 0 Å². The van der Waals surface area contributed by atoms with E-state index in [1.165, 1.54) is 7.11 Å². The first kappa shape index (κ1) is 14.2. The molecule has 1 aromatic rings. The molecule has 0 saturated carbocycles. The molecule has 0 amide bonds. The van der Waals surface area contributed by atoms with Crippen LogP contribution >= 0.6 is 0 Å². The summed E-state index contributed by atoms with van der Waals surface area (Å²) in [6, 6.07) is 9.73. The molecule has 0 heterocycles. The summed E-state index contributed by atoms with van der Waals surface area (Å²) in [6.07, 6.45) is 0. The number of nitriles is 1. The van der Waals surface area contributed by atoms with Gasteiger partial charge in [-0.15, -0.1) is 0 Å². The average molecular weight is 246 g/mol. The highest BCUT2D eigenvalue weighted by atomic mass is 16.5. The van der Waals surface area contributed by atoms with Crippen LogP contribution in [0.5, 0.6) is 0 Å². The fourth-order valence-electron chi connectivity index (χ4n) is 1.61. The number of rotatable bonds is 5. The molecule has 0 bridgehead atoms. The molecule has 0 fully saturated rings. The molecule has 0 spiro atoms. The molecule has 0 saturated heterocycles. The molecule has 0 aliphatic rings. The van der Waals surface area contributed by atoms with Gasteiger partial charge in [-0.3, -0.25) is 4.90 Å². The Bertz CT molecular complexity index is 432. The van der Waals surface area contributed by atoms with Crippen molar-refractivity contribution in [3.8, 4) is 6.07 Å². The molecular formula is C14H18N2O2. The number of benzene rings is 1. The van der Waals surface area contributed by atoms with Gasteiger partial charge in [-0.05, 0) is 31.5 Å². The van der Waals surface area contributed by atoms with Gasteiger partial charge in [0.25, 0.3) is 0 Å². The van der Waals surface area contributed by atoms with E-state index in [-0.39, 0.29) is 5.97 Å². The third-order valence-corrected chi connectivity index (χ3v) is 2.76. The second-order valence-electron chi connectivity index (χ2n) is 4.35. The van der Waals surface area contributed by atoms with Crippen molar-refractivity contribution in [1.82, 2.24) is 4.90 Å². The molecule has 0 aliphatic carbocycles. The lowest BCUT2D eigenvalue weighted by Crippen LogP contribution is -2.30. The molecule has 0 radical (unpaired) electrons. The van der Waals surface area contributed by atoms with Gasteiger partial charge in [0.15, 0.2) is 0 Å². The van der Waals surface area contributed by atoms with Crippen LogP contribution in [0.1, 0.15) is 29.8 Å². The standard InChI is InChI=1S/C14H18N2O2/c1-11(2)16(9-8-15)10-12-4-6-13(7-5-12)14(17)18-3/h4-7,11H,9-10H2,1-3H3. The largest absolute Gasteiger partial charge is 0.465 e. The molecule has 18 heavy (non-hydrogen) atoms. The van der Waals surface area contributed by atoms with Crippen LogP contribution in [0.2, 0.25) is 0 Å². The number of methoxy groups -OCH3 is 1. The van der Waals surface area contributed by atoms with Crippen LogP contribution in [0.4, 0.5) is 0 Å². The number of esters is 1. The zero-order valence-corrected chi connectivity index (χ0v) is 11.0. The number of carbonyl (C=O) groups excluding carboxylic acids is 1. The molecule has 0 aromatic heterocycles. The molecule has 96 valence electrons. The number of hydrogen-bond donors (Lipinski definition) is 0. The second kappa shape index (κ2) is 6.77. The number of carbonyl (C=O) groups is 1. The minimum absolute atomic E-state index is 0.310. The molecule has 1 aromatic carbocycles. The zero-order valence-electron chi connectivity index (χ0n) is 11.0. The van der Waals surface area contributed by atoms with Gasteiger partial charge in [-0.25, -0.2) is 4.79 Å². The zero-order chi connectivity index (χ0) is 13.5. The fourth-order valence-corrected chi connectivity index (χ4v) is 1.61. The van der Waals surface area contributed by atoms with Crippen LogP contribution in [0, 0.1) is 11.3 Å². The SMILES string of the molecule is COC(=O)c1ccc(CN(CC#N)C(C)C)cc1. The van der Waals surface area contributed by atoms with E-state index in [9.17, 15) is 4.79 Å². The molecule has 0 aliphatic heterocycles. The Morgan fingerprint density at radius 2 is 2.00 bits per heavy atom. The highest BCUT2D eigenvalue weighted by Crippen LogP contribution is 2.10. The highest BCUT2D eigenvalue weighted by molar-refractivity contribution is 5.89. The Morgan fingerprint density at radius 1 is 1.39 bits per heavy atom. The van der Waals surface area contributed by atoms with Gasteiger partial charge in [-0.1, -0.05) is 12.1 Å². The van der Waals surface area contributed by atoms with Crippen LogP contribution in [0.25, 0.3) is 0 Å². The lowest BCUT2D eigenvalue weighted by Gasteiger charge is -2.23. The summed E-state index contributed by atoms with van der Waals surface area (Å²) in [6.45, 7) is 5.21. The maximum absolute atomic E-state index is 11.3. The van der Waals surface area contributed by atoms with Crippen LogP contribution in [0.15, 0.2) is 24.3 Å². The van der Waals surface area contributed by atoms with Gasteiger partial charge in [-0.2, -0.15) is 5.26 Å². The first-order chi connectivity index (χ1) is 8.58. The quantitative estimate of drug-likeness (QED) is 0.590. The van der Waals surface area contributed by atoms with Crippen molar-refractivity contribution in [2.24, 2.45) is 0 Å². The predicted molar refractivity (Wildman–Crippen MR) is 68.9 cm³/mol. The van der Waals surface area contributed by atoms with Gasteiger partial charge < -0.3 is 4.74 Å². The number of hydrogen-bond acceptors (Lipinski definition) is 4. The van der Waals surface area contributed by atoms with Crippen molar-refractivity contribution in [3.63, 3.8) is 0 Å². The Labute approximate surface area is 108 Å². The van der Waals surface area contributed by atoms with Gasteiger partial charge >= 0.3 is 5.97 Å². The Kier molecular flexibility index (Phi) is 5.34. The maximum atomic E-state index is 11.3. The van der Waals surface area contributed by atoms with Crippen molar-refractivity contribution >= 4 is 5.97 Å². The third-order valence-electron chi connectivity index (χ3n) is 2.76. The first-order valence-electron chi connectivity index (χ1n) is 5.86. The van der Waals surface area contributed by atoms with E-state index in [1.54, 1.807) is 12.1 Å².